The minimum Gasteiger partial charge on any atom is -0.371 e. The van der Waals surface area contributed by atoms with Gasteiger partial charge in [-0.25, -0.2) is 0 Å². The summed E-state index contributed by atoms with van der Waals surface area (Å²) < 4.78 is 5.84. The average Bonchev–Trinajstić information content (AvgIpc) is 2.64. The molecule has 1 fully saturated rings. The summed E-state index contributed by atoms with van der Waals surface area (Å²) in [5, 5.41) is 0. The van der Waals surface area contributed by atoms with E-state index in [2.05, 4.69) is 0 Å². The lowest BCUT2D eigenvalue weighted by Crippen LogP contribution is -2.59. The van der Waals surface area contributed by atoms with Gasteiger partial charge in [-0.05, 0) is 20.3 Å². The van der Waals surface area contributed by atoms with Crippen LogP contribution in [0.4, 0.5) is 0 Å². The lowest BCUT2D eigenvalue weighted by Gasteiger charge is -2.46. The highest BCUT2D eigenvalue weighted by molar-refractivity contribution is 5.97. The largest absolute Gasteiger partial charge is 0.371 e. The normalized spacial score (nSPS) is 29.6. The molecule has 0 N–H and O–H groups in total. The maximum atomic E-state index is 12.5. The Hall–Kier alpha value is -1.36. The Balaban J connectivity index is 2.48. The van der Waals surface area contributed by atoms with E-state index in [1.165, 1.54) is 0 Å². The van der Waals surface area contributed by atoms with Gasteiger partial charge in [0.05, 0.1) is 5.54 Å². The van der Waals surface area contributed by atoms with Gasteiger partial charge in [0.15, 0.2) is 0 Å². The van der Waals surface area contributed by atoms with Crippen molar-refractivity contribution in [2.45, 2.75) is 44.8 Å². The van der Waals surface area contributed by atoms with Gasteiger partial charge in [0, 0.05) is 46.2 Å². The van der Waals surface area contributed by atoms with Crippen LogP contribution in [-0.4, -0.2) is 60.0 Å². The van der Waals surface area contributed by atoms with Gasteiger partial charge in [-0.2, -0.15) is 0 Å². The number of rotatable bonds is 2. The highest BCUT2D eigenvalue weighted by Gasteiger charge is 2.59. The molecule has 2 aliphatic rings. The number of likely N-dealkylation sites (tertiary alicyclic amines) is 1. The van der Waals surface area contributed by atoms with E-state index >= 15 is 0 Å². The maximum absolute atomic E-state index is 12.5. The van der Waals surface area contributed by atoms with Gasteiger partial charge in [0.2, 0.25) is 5.91 Å². The molecule has 0 saturated carbocycles. The number of carbonyl (C=O) groups excluding carboxylic acids is 2. The van der Waals surface area contributed by atoms with E-state index in [4.69, 9.17) is 4.74 Å². The lowest BCUT2D eigenvalue weighted by atomic mass is 9.75. The molecule has 0 aromatic rings. The van der Waals surface area contributed by atoms with Crippen molar-refractivity contribution in [1.29, 1.82) is 0 Å². The van der Waals surface area contributed by atoms with Gasteiger partial charge < -0.3 is 14.5 Å². The van der Waals surface area contributed by atoms with Gasteiger partial charge in [0.25, 0.3) is 5.91 Å². The summed E-state index contributed by atoms with van der Waals surface area (Å²) in [4.78, 5) is 27.9. The van der Waals surface area contributed by atoms with Crippen molar-refractivity contribution < 1.29 is 14.3 Å². The Morgan fingerprint density at radius 1 is 1.35 bits per heavy atom. The minimum atomic E-state index is -0.718. The number of hydrogen-bond donors (Lipinski definition) is 0. The van der Waals surface area contributed by atoms with E-state index in [1.807, 2.05) is 27.0 Å². The summed E-state index contributed by atoms with van der Waals surface area (Å²) in [5.74, 6) is 0.0303. The molecule has 2 aliphatic heterocycles. The number of likely N-dealkylation sites (N-methyl/N-ethyl adjacent to an activating group) is 1. The Labute approximate surface area is 120 Å². The lowest BCUT2D eigenvalue weighted by molar-refractivity contribution is -0.141. The van der Waals surface area contributed by atoms with Gasteiger partial charge in [0.1, 0.15) is 5.60 Å². The second-order valence-electron chi connectivity index (χ2n) is 6.14. The monoisotopic (exact) mass is 280 g/mol. The molecular formula is C15H24N2O3. The molecule has 5 heteroatoms. The van der Waals surface area contributed by atoms with Crippen LogP contribution in [0.25, 0.3) is 0 Å². The van der Waals surface area contributed by atoms with Gasteiger partial charge >= 0.3 is 0 Å². The Kier molecular flexibility index (Phi) is 3.67. The van der Waals surface area contributed by atoms with Crippen LogP contribution in [-0.2, 0) is 14.3 Å². The standard InChI is InChI=1S/C15H24N2O3/c1-11(18)17-10-8-15(20-5,14(17,2)3)12-7-6-9-16(4)13(12)19/h7H,6,8-10H2,1-5H3. The van der Waals surface area contributed by atoms with Crippen LogP contribution < -0.4 is 0 Å². The van der Waals surface area contributed by atoms with Gasteiger partial charge in [-0.1, -0.05) is 6.08 Å². The van der Waals surface area contributed by atoms with Crippen LogP contribution in [0.5, 0.6) is 0 Å². The molecule has 2 heterocycles. The number of nitrogens with zero attached hydrogens (tertiary/aromatic N) is 2. The van der Waals surface area contributed by atoms with E-state index in [1.54, 1.807) is 23.8 Å². The number of methoxy groups -OCH3 is 1. The van der Waals surface area contributed by atoms with Crippen molar-refractivity contribution in [3.05, 3.63) is 11.6 Å². The second-order valence-corrected chi connectivity index (χ2v) is 6.14. The Morgan fingerprint density at radius 3 is 2.50 bits per heavy atom. The summed E-state index contributed by atoms with van der Waals surface area (Å²) in [5.41, 5.74) is -0.556. The van der Waals surface area contributed by atoms with Crippen molar-refractivity contribution in [2.24, 2.45) is 0 Å². The summed E-state index contributed by atoms with van der Waals surface area (Å²) in [7, 11) is 3.44. The van der Waals surface area contributed by atoms with E-state index in [-0.39, 0.29) is 11.8 Å². The molecule has 20 heavy (non-hydrogen) atoms. The number of ether oxygens (including phenoxy) is 1. The summed E-state index contributed by atoms with van der Waals surface area (Å²) >= 11 is 0. The first kappa shape index (κ1) is 15.0. The molecule has 0 bridgehead atoms. The molecule has 0 aromatic heterocycles. The zero-order valence-electron chi connectivity index (χ0n) is 13.0. The highest BCUT2D eigenvalue weighted by atomic mass is 16.5. The third-order valence-corrected chi connectivity index (χ3v) is 4.90. The molecule has 1 unspecified atom stereocenters. The topological polar surface area (TPSA) is 49.9 Å². The zero-order valence-corrected chi connectivity index (χ0v) is 13.0. The molecule has 1 saturated heterocycles. The first-order chi connectivity index (χ1) is 9.28. The van der Waals surface area contributed by atoms with Crippen LogP contribution >= 0.6 is 0 Å². The summed E-state index contributed by atoms with van der Waals surface area (Å²) in [6, 6.07) is 0. The van der Waals surface area contributed by atoms with Crippen LogP contribution in [0, 0.1) is 0 Å². The molecule has 0 radical (unpaired) electrons. The number of amides is 2. The van der Waals surface area contributed by atoms with Gasteiger partial charge in [-0.3, -0.25) is 9.59 Å². The van der Waals surface area contributed by atoms with Crippen LogP contribution in [0.15, 0.2) is 11.6 Å². The SMILES string of the molecule is COC1(C2=CCCN(C)C2=O)CCN(C(C)=O)C1(C)C. The van der Waals surface area contributed by atoms with Crippen molar-refractivity contribution >= 4 is 11.8 Å². The summed E-state index contributed by atoms with van der Waals surface area (Å²) in [6.45, 7) is 6.88. The zero-order chi connectivity index (χ0) is 15.1. The molecule has 1 atom stereocenters. The second kappa shape index (κ2) is 4.88. The van der Waals surface area contributed by atoms with Crippen molar-refractivity contribution in [3.63, 3.8) is 0 Å². The predicted octanol–water partition coefficient (Wildman–Crippen LogP) is 1.19. The fraction of sp³-hybridized carbons (Fsp3) is 0.733. The molecular weight excluding hydrogens is 256 g/mol. The van der Waals surface area contributed by atoms with Crippen LogP contribution in [0.1, 0.15) is 33.6 Å². The van der Waals surface area contributed by atoms with Crippen LogP contribution in [0.3, 0.4) is 0 Å². The fourth-order valence-electron chi connectivity index (χ4n) is 3.68. The minimum absolute atomic E-state index is 0.0107. The molecule has 2 rings (SSSR count). The van der Waals surface area contributed by atoms with Crippen molar-refractivity contribution in [2.75, 3.05) is 27.2 Å². The van der Waals surface area contributed by atoms with Crippen LogP contribution in [0.2, 0.25) is 0 Å². The number of hydrogen-bond acceptors (Lipinski definition) is 3. The fourth-order valence-corrected chi connectivity index (χ4v) is 3.68. The summed E-state index contributed by atoms with van der Waals surface area (Å²) in [6.07, 6.45) is 3.47. The van der Waals surface area contributed by atoms with Crippen molar-refractivity contribution in [3.8, 4) is 0 Å². The maximum Gasteiger partial charge on any atom is 0.252 e. The first-order valence-electron chi connectivity index (χ1n) is 7.07. The molecule has 5 nitrogen and oxygen atoms in total. The predicted molar refractivity (Wildman–Crippen MR) is 76.2 cm³/mol. The van der Waals surface area contributed by atoms with E-state index in [0.717, 1.165) is 13.0 Å². The smallest absolute Gasteiger partial charge is 0.252 e. The van der Waals surface area contributed by atoms with Gasteiger partial charge in [-0.15, -0.1) is 0 Å². The molecule has 2 amide bonds. The molecule has 112 valence electrons. The highest BCUT2D eigenvalue weighted by Crippen LogP contribution is 2.46. The molecule has 0 aromatic carbocycles. The molecule has 0 aliphatic carbocycles. The number of carbonyl (C=O) groups is 2. The average molecular weight is 280 g/mol. The first-order valence-corrected chi connectivity index (χ1v) is 7.07. The Morgan fingerprint density at radius 2 is 2.00 bits per heavy atom. The third-order valence-electron chi connectivity index (χ3n) is 4.90. The quantitative estimate of drug-likeness (QED) is 0.763. The molecule has 0 spiro atoms. The van der Waals surface area contributed by atoms with E-state index in [9.17, 15) is 9.59 Å². The Bertz CT molecular complexity index is 470. The third kappa shape index (κ3) is 1.87. The van der Waals surface area contributed by atoms with Crippen molar-refractivity contribution in [1.82, 2.24) is 9.80 Å². The van der Waals surface area contributed by atoms with E-state index < -0.39 is 11.1 Å². The van der Waals surface area contributed by atoms with E-state index in [0.29, 0.717) is 18.5 Å².